The quantitative estimate of drug-likeness (QED) is 0.610. The molecule has 0 aliphatic carbocycles. The molecule has 0 heterocycles. The van der Waals surface area contributed by atoms with Crippen LogP contribution in [-0.4, -0.2) is 16.5 Å². The first-order chi connectivity index (χ1) is 7.30. The van der Waals surface area contributed by atoms with Crippen LogP contribution < -0.4 is 0 Å². The first-order valence-corrected chi connectivity index (χ1v) is 5.09. The summed E-state index contributed by atoms with van der Waals surface area (Å²) in [4.78, 5) is 21.4. The van der Waals surface area contributed by atoms with Gasteiger partial charge < -0.3 is 0 Å². The first kappa shape index (κ1) is 13.1. The molecule has 0 amide bonds. The highest BCUT2D eigenvalue weighted by Gasteiger charge is 2.39. The van der Waals surface area contributed by atoms with Crippen LogP contribution in [-0.2, 0) is 4.79 Å². The topological polar surface area (TPSA) is 34.1 Å². The highest BCUT2D eigenvalue weighted by molar-refractivity contribution is 8.13. The molecule has 0 aliphatic rings. The number of benzene rings is 1. The predicted octanol–water partition coefficient (Wildman–Crippen LogP) is 3.25. The van der Waals surface area contributed by atoms with Gasteiger partial charge in [0.1, 0.15) is 0 Å². The predicted molar refractivity (Wildman–Crippen MR) is 53.5 cm³/mol. The van der Waals surface area contributed by atoms with E-state index in [0.29, 0.717) is 0 Å². The Balaban J connectivity index is 2.87. The van der Waals surface area contributed by atoms with E-state index in [1.807, 2.05) is 0 Å². The standard InChI is InChI=1S/C9H4ClF3O2S/c10-7(14)5-2-1-3-6(4-5)16-8(15)9(11,12)13/h1-4H. The van der Waals surface area contributed by atoms with E-state index in [9.17, 15) is 22.8 Å². The molecule has 0 N–H and O–H groups in total. The molecule has 7 heteroatoms. The van der Waals surface area contributed by atoms with E-state index >= 15 is 0 Å². The largest absolute Gasteiger partial charge is 0.461 e. The summed E-state index contributed by atoms with van der Waals surface area (Å²) in [6.45, 7) is 0. The second-order valence-electron chi connectivity index (χ2n) is 2.69. The molecule has 0 saturated heterocycles. The molecule has 0 bridgehead atoms. The Hall–Kier alpha value is -1.01. The Morgan fingerprint density at radius 1 is 1.25 bits per heavy atom. The Bertz CT molecular complexity index is 431. The number of hydrogen-bond acceptors (Lipinski definition) is 3. The Kier molecular flexibility index (Phi) is 3.98. The highest BCUT2D eigenvalue weighted by atomic mass is 35.5. The first-order valence-electron chi connectivity index (χ1n) is 3.89. The van der Waals surface area contributed by atoms with Gasteiger partial charge >= 0.3 is 6.18 Å². The zero-order chi connectivity index (χ0) is 12.3. The van der Waals surface area contributed by atoms with Gasteiger partial charge in [-0.25, -0.2) is 0 Å². The maximum absolute atomic E-state index is 11.9. The molecule has 0 fully saturated rings. The summed E-state index contributed by atoms with van der Waals surface area (Å²) >= 11 is 5.15. The van der Waals surface area contributed by atoms with Crippen LogP contribution in [0.1, 0.15) is 10.4 Å². The minimum absolute atomic E-state index is 0.00733. The van der Waals surface area contributed by atoms with Crippen molar-refractivity contribution in [2.45, 2.75) is 11.1 Å². The molecular formula is C9H4ClF3O2S. The van der Waals surface area contributed by atoms with Gasteiger partial charge in [0, 0.05) is 10.5 Å². The third-order valence-corrected chi connectivity index (χ3v) is 2.63. The van der Waals surface area contributed by atoms with Crippen molar-refractivity contribution in [2.24, 2.45) is 0 Å². The number of carbonyl (C=O) groups is 2. The summed E-state index contributed by atoms with van der Waals surface area (Å²) in [5, 5.41) is -2.73. The smallest absolute Gasteiger partial charge is 0.276 e. The monoisotopic (exact) mass is 268 g/mol. The van der Waals surface area contributed by atoms with Crippen LogP contribution in [0.2, 0.25) is 0 Å². The lowest BCUT2D eigenvalue weighted by molar-refractivity contribution is -0.160. The lowest BCUT2D eigenvalue weighted by atomic mass is 10.2. The van der Waals surface area contributed by atoms with Crippen molar-refractivity contribution in [3.8, 4) is 0 Å². The van der Waals surface area contributed by atoms with Crippen LogP contribution in [0, 0.1) is 0 Å². The van der Waals surface area contributed by atoms with E-state index in [4.69, 9.17) is 11.6 Å². The molecule has 0 aliphatic heterocycles. The maximum atomic E-state index is 11.9. The average molecular weight is 269 g/mol. The fourth-order valence-corrected chi connectivity index (χ4v) is 1.63. The molecule has 1 aromatic rings. The molecule has 0 aromatic heterocycles. The lowest BCUT2D eigenvalue weighted by Crippen LogP contribution is -2.18. The van der Waals surface area contributed by atoms with Crippen molar-refractivity contribution in [3.05, 3.63) is 29.8 Å². The SMILES string of the molecule is O=C(Cl)c1cccc(SC(=O)C(F)(F)F)c1. The van der Waals surface area contributed by atoms with Gasteiger partial charge in [-0.15, -0.1) is 0 Å². The number of thioether (sulfide) groups is 1. The molecule has 0 saturated carbocycles. The van der Waals surface area contributed by atoms with Crippen LogP contribution >= 0.6 is 23.4 Å². The summed E-state index contributed by atoms with van der Waals surface area (Å²) in [5.74, 6) is 0. The number of rotatable bonds is 2. The van der Waals surface area contributed by atoms with E-state index in [1.54, 1.807) is 0 Å². The Morgan fingerprint density at radius 3 is 2.38 bits per heavy atom. The van der Waals surface area contributed by atoms with Crippen molar-refractivity contribution in [1.29, 1.82) is 0 Å². The zero-order valence-corrected chi connectivity index (χ0v) is 9.12. The van der Waals surface area contributed by atoms with E-state index in [-0.39, 0.29) is 22.2 Å². The van der Waals surface area contributed by atoms with Crippen LogP contribution in [0.3, 0.4) is 0 Å². The molecule has 0 unspecified atom stereocenters. The van der Waals surface area contributed by atoms with Crippen molar-refractivity contribution in [1.82, 2.24) is 0 Å². The van der Waals surface area contributed by atoms with Crippen molar-refractivity contribution < 1.29 is 22.8 Å². The van der Waals surface area contributed by atoms with Crippen molar-refractivity contribution in [3.63, 3.8) is 0 Å². The zero-order valence-electron chi connectivity index (χ0n) is 7.55. The molecule has 16 heavy (non-hydrogen) atoms. The molecular weight excluding hydrogens is 265 g/mol. The number of carbonyl (C=O) groups excluding carboxylic acids is 2. The highest BCUT2D eigenvalue weighted by Crippen LogP contribution is 2.29. The third-order valence-electron chi connectivity index (χ3n) is 1.50. The van der Waals surface area contributed by atoms with E-state index in [2.05, 4.69) is 0 Å². The molecule has 0 spiro atoms. The molecule has 2 nitrogen and oxygen atoms in total. The summed E-state index contributed by atoms with van der Waals surface area (Å²) in [6, 6.07) is 5.11. The summed E-state index contributed by atoms with van der Waals surface area (Å²) < 4.78 is 35.8. The van der Waals surface area contributed by atoms with Crippen molar-refractivity contribution >= 4 is 33.7 Å². The van der Waals surface area contributed by atoms with Crippen LogP contribution in [0.4, 0.5) is 13.2 Å². The van der Waals surface area contributed by atoms with E-state index < -0.39 is 16.5 Å². The second kappa shape index (κ2) is 4.88. The summed E-state index contributed by atoms with van der Waals surface area (Å²) in [6.07, 6.45) is -4.90. The molecule has 1 aromatic carbocycles. The molecule has 1 rings (SSSR count). The van der Waals surface area contributed by atoms with Gasteiger partial charge in [-0.1, -0.05) is 12.1 Å². The van der Waals surface area contributed by atoms with Gasteiger partial charge in [0.25, 0.3) is 10.4 Å². The molecule has 0 atom stereocenters. The average Bonchev–Trinajstić information content (AvgIpc) is 2.16. The van der Waals surface area contributed by atoms with E-state index in [0.717, 1.165) is 6.07 Å². The molecule has 86 valence electrons. The van der Waals surface area contributed by atoms with Gasteiger partial charge in [0.05, 0.1) is 0 Å². The van der Waals surface area contributed by atoms with Crippen molar-refractivity contribution in [2.75, 3.05) is 0 Å². The van der Waals surface area contributed by atoms with Gasteiger partial charge in [-0.05, 0) is 35.5 Å². The maximum Gasteiger partial charge on any atom is 0.461 e. The van der Waals surface area contributed by atoms with Gasteiger partial charge in [0.15, 0.2) is 0 Å². The summed E-state index contributed by atoms with van der Waals surface area (Å²) in [5.41, 5.74) is 0.0432. The Morgan fingerprint density at radius 2 is 1.88 bits per heavy atom. The van der Waals surface area contributed by atoms with Gasteiger partial charge in [0.2, 0.25) is 0 Å². The number of alkyl halides is 3. The molecule has 0 radical (unpaired) electrons. The van der Waals surface area contributed by atoms with Gasteiger partial charge in [-0.2, -0.15) is 13.2 Å². The van der Waals surface area contributed by atoms with Crippen LogP contribution in [0.15, 0.2) is 29.2 Å². The third kappa shape index (κ3) is 3.53. The summed E-state index contributed by atoms with van der Waals surface area (Å²) in [7, 11) is 0. The van der Waals surface area contributed by atoms with E-state index in [1.165, 1.54) is 18.2 Å². The number of hydrogen-bond donors (Lipinski definition) is 0. The minimum atomic E-state index is -4.90. The Labute approximate surface area is 97.8 Å². The van der Waals surface area contributed by atoms with Crippen LogP contribution in [0.5, 0.6) is 0 Å². The fraction of sp³-hybridized carbons (Fsp3) is 0.111. The normalized spacial score (nSPS) is 11.2. The number of halogens is 4. The van der Waals surface area contributed by atoms with Crippen LogP contribution in [0.25, 0.3) is 0 Å². The minimum Gasteiger partial charge on any atom is -0.276 e. The lowest BCUT2D eigenvalue weighted by Gasteiger charge is -2.04. The van der Waals surface area contributed by atoms with Gasteiger partial charge in [-0.3, -0.25) is 9.59 Å². The fourth-order valence-electron chi connectivity index (χ4n) is 0.847. The second-order valence-corrected chi connectivity index (χ2v) is 4.08.